The fourth-order valence-electron chi connectivity index (χ4n) is 2.18. The SMILES string of the molecule is Cn1ncc([N+](=O)[O-])c1C(=O)Nc1cnn(COc2ccc(Br)cc2)c1. The number of carbonyl (C=O) groups is 1. The van der Waals surface area contributed by atoms with Gasteiger partial charge in [-0.15, -0.1) is 0 Å². The molecule has 134 valence electrons. The summed E-state index contributed by atoms with van der Waals surface area (Å²) in [5.41, 5.74) is -0.130. The van der Waals surface area contributed by atoms with Crippen molar-refractivity contribution in [2.75, 3.05) is 5.32 Å². The number of ether oxygens (including phenoxy) is 1. The van der Waals surface area contributed by atoms with Gasteiger partial charge in [0.05, 0.1) is 23.0 Å². The molecule has 11 heteroatoms. The van der Waals surface area contributed by atoms with Crippen LogP contribution in [0.1, 0.15) is 10.5 Å². The first-order chi connectivity index (χ1) is 12.4. The van der Waals surface area contributed by atoms with Crippen LogP contribution < -0.4 is 10.1 Å². The number of nitrogens with zero attached hydrogens (tertiary/aromatic N) is 5. The Morgan fingerprint density at radius 2 is 2.04 bits per heavy atom. The molecular formula is C15H13BrN6O4. The second-order valence-corrected chi connectivity index (χ2v) is 6.12. The zero-order valence-electron chi connectivity index (χ0n) is 13.5. The van der Waals surface area contributed by atoms with Crippen LogP contribution in [0.3, 0.4) is 0 Å². The Balaban J connectivity index is 1.65. The lowest BCUT2D eigenvalue weighted by Gasteiger charge is -2.06. The maximum Gasteiger partial charge on any atom is 0.320 e. The maximum atomic E-state index is 12.3. The van der Waals surface area contributed by atoms with Gasteiger partial charge in [0.15, 0.2) is 6.73 Å². The minimum absolute atomic E-state index is 0.142. The molecule has 0 saturated heterocycles. The molecule has 2 aromatic heterocycles. The molecule has 0 atom stereocenters. The highest BCUT2D eigenvalue weighted by Gasteiger charge is 2.25. The van der Waals surface area contributed by atoms with E-state index < -0.39 is 10.8 Å². The maximum absolute atomic E-state index is 12.3. The Kier molecular flexibility index (Phi) is 4.98. The van der Waals surface area contributed by atoms with E-state index in [0.717, 1.165) is 15.4 Å². The van der Waals surface area contributed by atoms with E-state index in [-0.39, 0.29) is 18.1 Å². The average molecular weight is 421 g/mol. The number of carbonyl (C=O) groups excluding carboxylic acids is 1. The smallest absolute Gasteiger partial charge is 0.320 e. The Labute approximate surface area is 155 Å². The monoisotopic (exact) mass is 420 g/mol. The number of aromatic nitrogens is 4. The molecule has 0 spiro atoms. The summed E-state index contributed by atoms with van der Waals surface area (Å²) >= 11 is 3.34. The number of hydrogen-bond donors (Lipinski definition) is 1. The molecular weight excluding hydrogens is 408 g/mol. The predicted octanol–water partition coefficient (Wildman–Crippen LogP) is 2.58. The van der Waals surface area contributed by atoms with Gasteiger partial charge in [-0.1, -0.05) is 15.9 Å². The van der Waals surface area contributed by atoms with Gasteiger partial charge in [-0.3, -0.25) is 19.6 Å². The first-order valence-corrected chi connectivity index (χ1v) is 8.12. The second kappa shape index (κ2) is 7.35. The number of nitrogens with one attached hydrogen (secondary N) is 1. The molecule has 1 N–H and O–H groups in total. The largest absolute Gasteiger partial charge is 0.471 e. The number of amides is 1. The van der Waals surface area contributed by atoms with Gasteiger partial charge in [-0.2, -0.15) is 10.2 Å². The molecule has 3 rings (SSSR count). The average Bonchev–Trinajstić information content (AvgIpc) is 3.20. The van der Waals surface area contributed by atoms with Crippen molar-refractivity contribution in [1.29, 1.82) is 0 Å². The summed E-state index contributed by atoms with van der Waals surface area (Å²) in [5, 5.41) is 21.3. The lowest BCUT2D eigenvalue weighted by Crippen LogP contribution is -2.17. The molecule has 2 heterocycles. The van der Waals surface area contributed by atoms with Gasteiger partial charge in [0.1, 0.15) is 11.9 Å². The van der Waals surface area contributed by atoms with E-state index in [1.165, 1.54) is 17.9 Å². The molecule has 26 heavy (non-hydrogen) atoms. The van der Waals surface area contributed by atoms with Crippen molar-refractivity contribution in [3.63, 3.8) is 0 Å². The second-order valence-electron chi connectivity index (χ2n) is 5.21. The topological polar surface area (TPSA) is 117 Å². The summed E-state index contributed by atoms with van der Waals surface area (Å²) in [7, 11) is 1.46. The first kappa shape index (κ1) is 17.6. The molecule has 0 radical (unpaired) electrons. The van der Waals surface area contributed by atoms with E-state index in [2.05, 4.69) is 31.4 Å². The van der Waals surface area contributed by atoms with E-state index >= 15 is 0 Å². The quantitative estimate of drug-likeness (QED) is 0.483. The van der Waals surface area contributed by atoms with Gasteiger partial charge < -0.3 is 10.1 Å². The lowest BCUT2D eigenvalue weighted by atomic mass is 10.3. The third kappa shape index (κ3) is 3.88. The molecule has 1 amide bonds. The van der Waals surface area contributed by atoms with Crippen LogP contribution in [0.25, 0.3) is 0 Å². The zero-order valence-corrected chi connectivity index (χ0v) is 15.1. The van der Waals surface area contributed by atoms with E-state index in [1.807, 2.05) is 12.1 Å². The van der Waals surface area contributed by atoms with Gasteiger partial charge in [-0.05, 0) is 24.3 Å². The minimum Gasteiger partial charge on any atom is -0.471 e. The van der Waals surface area contributed by atoms with Crippen molar-refractivity contribution in [2.24, 2.45) is 7.05 Å². The van der Waals surface area contributed by atoms with E-state index in [4.69, 9.17) is 4.74 Å². The van der Waals surface area contributed by atoms with Crippen LogP contribution in [-0.4, -0.2) is 30.4 Å². The third-order valence-electron chi connectivity index (χ3n) is 3.40. The van der Waals surface area contributed by atoms with Crippen LogP contribution in [0.2, 0.25) is 0 Å². The molecule has 0 aliphatic carbocycles. The van der Waals surface area contributed by atoms with Crippen LogP contribution in [0, 0.1) is 10.1 Å². The first-order valence-electron chi connectivity index (χ1n) is 7.32. The van der Waals surface area contributed by atoms with Crippen LogP contribution in [0.4, 0.5) is 11.4 Å². The molecule has 0 bridgehead atoms. The van der Waals surface area contributed by atoms with Gasteiger partial charge >= 0.3 is 5.69 Å². The Hall–Kier alpha value is -3.21. The van der Waals surface area contributed by atoms with Crippen LogP contribution in [0.5, 0.6) is 5.75 Å². The fraction of sp³-hybridized carbons (Fsp3) is 0.133. The number of nitro groups is 1. The highest BCUT2D eigenvalue weighted by molar-refractivity contribution is 9.10. The number of benzene rings is 1. The standard InChI is InChI=1S/C15H13BrN6O4/c1-20-14(13(7-17-20)22(24)25)15(23)19-11-6-18-21(8-11)9-26-12-4-2-10(16)3-5-12/h2-8H,9H2,1H3,(H,19,23). The number of hydrogen-bond acceptors (Lipinski definition) is 6. The summed E-state index contributed by atoms with van der Waals surface area (Å²) in [6.45, 7) is 0.142. The van der Waals surface area contributed by atoms with Crippen molar-refractivity contribution < 1.29 is 14.5 Å². The van der Waals surface area contributed by atoms with Crippen LogP contribution in [-0.2, 0) is 13.8 Å². The number of aryl methyl sites for hydroxylation is 1. The highest BCUT2D eigenvalue weighted by Crippen LogP contribution is 2.19. The van der Waals surface area contributed by atoms with E-state index in [0.29, 0.717) is 11.4 Å². The van der Waals surface area contributed by atoms with Crippen LogP contribution >= 0.6 is 15.9 Å². The summed E-state index contributed by atoms with van der Waals surface area (Å²) in [6, 6.07) is 7.31. The molecule has 3 aromatic rings. The summed E-state index contributed by atoms with van der Waals surface area (Å²) in [6.07, 6.45) is 4.01. The highest BCUT2D eigenvalue weighted by atomic mass is 79.9. The normalized spacial score (nSPS) is 10.5. The molecule has 10 nitrogen and oxygen atoms in total. The molecule has 0 aliphatic rings. The summed E-state index contributed by atoms with van der Waals surface area (Å²) in [4.78, 5) is 22.6. The summed E-state index contributed by atoms with van der Waals surface area (Å²) in [5.74, 6) is 0.0184. The Morgan fingerprint density at radius 1 is 1.31 bits per heavy atom. The lowest BCUT2D eigenvalue weighted by molar-refractivity contribution is -0.385. The van der Waals surface area contributed by atoms with Gasteiger partial charge in [0, 0.05) is 11.5 Å². The molecule has 0 aliphatic heterocycles. The fourth-order valence-corrected chi connectivity index (χ4v) is 2.45. The van der Waals surface area contributed by atoms with Gasteiger partial charge in [0.25, 0.3) is 5.91 Å². The number of anilines is 1. The van der Waals surface area contributed by atoms with Crippen molar-refractivity contribution in [2.45, 2.75) is 6.73 Å². The molecule has 0 unspecified atom stereocenters. The zero-order chi connectivity index (χ0) is 18.7. The minimum atomic E-state index is -0.655. The molecule has 0 saturated carbocycles. The molecule has 0 fully saturated rings. The van der Waals surface area contributed by atoms with Gasteiger partial charge in [-0.25, -0.2) is 4.68 Å². The molecule has 1 aromatic carbocycles. The van der Waals surface area contributed by atoms with Gasteiger partial charge in [0.2, 0.25) is 5.69 Å². The number of halogens is 1. The van der Waals surface area contributed by atoms with E-state index in [9.17, 15) is 14.9 Å². The number of rotatable bonds is 6. The Morgan fingerprint density at radius 3 is 2.73 bits per heavy atom. The van der Waals surface area contributed by atoms with E-state index in [1.54, 1.807) is 18.3 Å². The van der Waals surface area contributed by atoms with Crippen molar-refractivity contribution in [1.82, 2.24) is 19.6 Å². The Bertz CT molecular complexity index is 949. The van der Waals surface area contributed by atoms with Crippen LogP contribution in [0.15, 0.2) is 47.3 Å². The van der Waals surface area contributed by atoms with Crippen molar-refractivity contribution in [3.05, 3.63) is 63.1 Å². The van der Waals surface area contributed by atoms with Crippen molar-refractivity contribution in [3.8, 4) is 5.75 Å². The van der Waals surface area contributed by atoms with Crippen molar-refractivity contribution >= 4 is 33.2 Å². The predicted molar refractivity (Wildman–Crippen MR) is 94.8 cm³/mol. The summed E-state index contributed by atoms with van der Waals surface area (Å²) < 4.78 is 9.14. The third-order valence-corrected chi connectivity index (χ3v) is 3.93.